The van der Waals surface area contributed by atoms with Crippen LogP contribution in [0.5, 0.6) is 0 Å². The zero-order valence-corrected chi connectivity index (χ0v) is 13.6. The summed E-state index contributed by atoms with van der Waals surface area (Å²) in [5.74, 6) is 0.354. The summed E-state index contributed by atoms with van der Waals surface area (Å²) in [6.07, 6.45) is 7.49. The summed E-state index contributed by atoms with van der Waals surface area (Å²) in [5, 5.41) is 0. The summed E-state index contributed by atoms with van der Waals surface area (Å²) >= 11 is 0. The summed E-state index contributed by atoms with van der Waals surface area (Å²) in [6.45, 7) is 4.99. The number of likely N-dealkylation sites (tertiary alicyclic amines) is 1. The standard InChI is InChI=1S/C17H29N3O/c1-4-13(2)16(18)17(21)20-12-7-5-6-9-15(20)14-10-8-11-19(14)3/h8,10-11,13,15-16H,4-7,9,12,18H2,1-3H3/t13?,15?,16-/m0/s1. The number of carbonyl (C=O) groups excluding carboxylic acids is 1. The highest BCUT2D eigenvalue weighted by atomic mass is 16.2. The molecule has 21 heavy (non-hydrogen) atoms. The molecule has 2 rings (SSSR count). The van der Waals surface area contributed by atoms with E-state index in [0.29, 0.717) is 0 Å². The van der Waals surface area contributed by atoms with Crippen LogP contribution in [0.3, 0.4) is 0 Å². The highest BCUT2D eigenvalue weighted by Crippen LogP contribution is 2.31. The minimum Gasteiger partial charge on any atom is -0.353 e. The number of hydrogen-bond donors (Lipinski definition) is 1. The van der Waals surface area contributed by atoms with Crippen molar-refractivity contribution in [2.24, 2.45) is 18.7 Å². The van der Waals surface area contributed by atoms with Crippen LogP contribution in [-0.2, 0) is 11.8 Å². The summed E-state index contributed by atoms with van der Waals surface area (Å²) in [4.78, 5) is 14.9. The summed E-state index contributed by atoms with van der Waals surface area (Å²) < 4.78 is 2.13. The van der Waals surface area contributed by atoms with Gasteiger partial charge in [-0.3, -0.25) is 4.79 Å². The first-order valence-corrected chi connectivity index (χ1v) is 8.23. The Bertz CT molecular complexity index is 468. The van der Waals surface area contributed by atoms with Gasteiger partial charge in [0.25, 0.3) is 0 Å². The molecule has 0 aromatic carbocycles. The SMILES string of the molecule is CCC(C)[C@H](N)C(=O)N1CCCCCC1c1cccn1C. The topological polar surface area (TPSA) is 51.3 Å². The van der Waals surface area contributed by atoms with Crippen LogP contribution in [0.2, 0.25) is 0 Å². The molecule has 2 heterocycles. The second-order valence-electron chi connectivity index (χ2n) is 6.35. The summed E-state index contributed by atoms with van der Waals surface area (Å²) in [6, 6.07) is 3.98. The lowest BCUT2D eigenvalue weighted by Crippen LogP contribution is -2.48. The second kappa shape index (κ2) is 7.12. The Labute approximate surface area is 128 Å². The van der Waals surface area contributed by atoms with Crippen molar-refractivity contribution in [3.8, 4) is 0 Å². The first-order valence-electron chi connectivity index (χ1n) is 8.23. The molecule has 1 amide bonds. The van der Waals surface area contributed by atoms with Gasteiger partial charge in [0, 0.05) is 25.5 Å². The second-order valence-corrected chi connectivity index (χ2v) is 6.35. The molecule has 0 bridgehead atoms. The Morgan fingerprint density at radius 3 is 2.81 bits per heavy atom. The molecule has 1 aliphatic rings. The highest BCUT2D eigenvalue weighted by Gasteiger charge is 2.32. The van der Waals surface area contributed by atoms with Crippen LogP contribution >= 0.6 is 0 Å². The van der Waals surface area contributed by atoms with Gasteiger partial charge >= 0.3 is 0 Å². The van der Waals surface area contributed by atoms with Gasteiger partial charge in [-0.25, -0.2) is 0 Å². The first kappa shape index (κ1) is 16.1. The van der Waals surface area contributed by atoms with E-state index in [9.17, 15) is 4.79 Å². The smallest absolute Gasteiger partial charge is 0.240 e. The zero-order chi connectivity index (χ0) is 15.4. The maximum Gasteiger partial charge on any atom is 0.240 e. The van der Waals surface area contributed by atoms with Gasteiger partial charge in [-0.2, -0.15) is 0 Å². The number of rotatable bonds is 4. The fourth-order valence-corrected chi connectivity index (χ4v) is 3.19. The fourth-order valence-electron chi connectivity index (χ4n) is 3.19. The summed E-state index contributed by atoms with van der Waals surface area (Å²) in [5.41, 5.74) is 7.43. The number of hydrogen-bond acceptors (Lipinski definition) is 2. The Kier molecular flexibility index (Phi) is 5.45. The average Bonchev–Trinajstić information content (AvgIpc) is 2.77. The fraction of sp³-hybridized carbons (Fsp3) is 0.706. The molecule has 2 unspecified atom stereocenters. The monoisotopic (exact) mass is 291 g/mol. The molecule has 1 fully saturated rings. The first-order chi connectivity index (χ1) is 10.1. The van der Waals surface area contributed by atoms with Crippen LogP contribution in [0.25, 0.3) is 0 Å². The number of carbonyl (C=O) groups is 1. The molecule has 0 radical (unpaired) electrons. The van der Waals surface area contributed by atoms with Crippen molar-refractivity contribution in [2.75, 3.05) is 6.54 Å². The van der Waals surface area contributed by atoms with Gasteiger partial charge in [0.15, 0.2) is 0 Å². The van der Waals surface area contributed by atoms with E-state index in [4.69, 9.17) is 5.73 Å². The molecule has 0 aliphatic carbocycles. The van der Waals surface area contributed by atoms with Crippen molar-refractivity contribution in [1.29, 1.82) is 0 Å². The Morgan fingerprint density at radius 2 is 2.19 bits per heavy atom. The van der Waals surface area contributed by atoms with Gasteiger partial charge in [0.2, 0.25) is 5.91 Å². The van der Waals surface area contributed by atoms with Crippen LogP contribution in [0.15, 0.2) is 18.3 Å². The third kappa shape index (κ3) is 3.49. The van der Waals surface area contributed by atoms with E-state index >= 15 is 0 Å². The molecule has 2 N–H and O–H groups in total. The maximum absolute atomic E-state index is 12.9. The van der Waals surface area contributed by atoms with Crippen molar-refractivity contribution in [3.63, 3.8) is 0 Å². The van der Waals surface area contributed by atoms with Crippen molar-refractivity contribution in [1.82, 2.24) is 9.47 Å². The predicted octanol–water partition coefficient (Wildman–Crippen LogP) is 2.84. The Balaban J connectivity index is 2.24. The van der Waals surface area contributed by atoms with E-state index in [2.05, 4.69) is 43.8 Å². The largest absolute Gasteiger partial charge is 0.353 e. The molecule has 1 aromatic rings. The normalized spacial score (nSPS) is 22.7. The van der Waals surface area contributed by atoms with E-state index in [-0.39, 0.29) is 23.9 Å². The molecule has 118 valence electrons. The van der Waals surface area contributed by atoms with E-state index in [1.165, 1.54) is 18.5 Å². The van der Waals surface area contributed by atoms with E-state index in [1.54, 1.807) is 0 Å². The molecule has 4 nitrogen and oxygen atoms in total. The summed E-state index contributed by atoms with van der Waals surface area (Å²) in [7, 11) is 2.05. The molecule has 0 spiro atoms. The molecule has 4 heteroatoms. The molecule has 3 atom stereocenters. The van der Waals surface area contributed by atoms with Gasteiger partial charge in [-0.1, -0.05) is 33.1 Å². The average molecular weight is 291 g/mol. The van der Waals surface area contributed by atoms with E-state index < -0.39 is 0 Å². The van der Waals surface area contributed by atoms with Crippen molar-refractivity contribution in [2.45, 2.75) is 58.0 Å². The van der Waals surface area contributed by atoms with E-state index in [1.807, 2.05) is 4.90 Å². The lowest BCUT2D eigenvalue weighted by Gasteiger charge is -2.34. The highest BCUT2D eigenvalue weighted by molar-refractivity contribution is 5.82. The van der Waals surface area contributed by atoms with Crippen molar-refractivity contribution in [3.05, 3.63) is 24.0 Å². The zero-order valence-electron chi connectivity index (χ0n) is 13.6. The van der Waals surface area contributed by atoms with Gasteiger partial charge < -0.3 is 15.2 Å². The minimum atomic E-state index is -0.379. The van der Waals surface area contributed by atoms with Gasteiger partial charge in [-0.15, -0.1) is 0 Å². The van der Waals surface area contributed by atoms with Crippen LogP contribution in [0.1, 0.15) is 57.7 Å². The molecular weight excluding hydrogens is 262 g/mol. The van der Waals surface area contributed by atoms with Gasteiger partial charge in [-0.05, 0) is 30.9 Å². The maximum atomic E-state index is 12.9. The van der Waals surface area contributed by atoms with Crippen LogP contribution in [0.4, 0.5) is 0 Å². The van der Waals surface area contributed by atoms with Crippen molar-refractivity contribution >= 4 is 5.91 Å². The van der Waals surface area contributed by atoms with Crippen LogP contribution in [0, 0.1) is 5.92 Å². The predicted molar refractivity (Wildman–Crippen MR) is 85.8 cm³/mol. The third-order valence-electron chi connectivity index (χ3n) is 4.90. The lowest BCUT2D eigenvalue weighted by molar-refractivity contribution is -0.136. The number of aromatic nitrogens is 1. The number of amides is 1. The molecule has 0 saturated carbocycles. The van der Waals surface area contributed by atoms with Crippen LogP contribution < -0.4 is 5.73 Å². The lowest BCUT2D eigenvalue weighted by atomic mass is 9.97. The molecule has 1 aromatic heterocycles. The Morgan fingerprint density at radius 1 is 1.43 bits per heavy atom. The van der Waals surface area contributed by atoms with Crippen molar-refractivity contribution < 1.29 is 4.79 Å². The minimum absolute atomic E-state index is 0.123. The number of nitrogens with zero attached hydrogens (tertiary/aromatic N) is 2. The van der Waals surface area contributed by atoms with E-state index in [0.717, 1.165) is 25.8 Å². The quantitative estimate of drug-likeness (QED) is 0.927. The number of aryl methyl sites for hydroxylation is 1. The van der Waals surface area contributed by atoms with Crippen LogP contribution in [-0.4, -0.2) is 28.0 Å². The Hall–Kier alpha value is -1.29. The van der Waals surface area contributed by atoms with Gasteiger partial charge in [0.05, 0.1) is 12.1 Å². The third-order valence-corrected chi connectivity index (χ3v) is 4.90. The molecule has 1 aliphatic heterocycles. The molecular formula is C17H29N3O. The number of nitrogens with two attached hydrogens (primary N) is 1. The van der Waals surface area contributed by atoms with Gasteiger partial charge in [0.1, 0.15) is 0 Å². The molecule has 1 saturated heterocycles.